The standard InChI is InChI=1S/C14H27N3O2/c1-2-17(9-12-5-8-19-11-12)14(18)10-16-6-3-13(15)4-7-16/h12-13H,2-11,15H2,1H3. The average molecular weight is 269 g/mol. The molecule has 5 heteroatoms. The molecule has 19 heavy (non-hydrogen) atoms. The van der Waals surface area contributed by atoms with E-state index in [1.807, 2.05) is 4.90 Å². The van der Waals surface area contributed by atoms with Crippen LogP contribution in [0.1, 0.15) is 26.2 Å². The molecule has 0 spiro atoms. The predicted octanol–water partition coefficient (Wildman–Crippen LogP) is 0.295. The van der Waals surface area contributed by atoms with Crippen molar-refractivity contribution in [3.05, 3.63) is 0 Å². The number of nitrogens with zero attached hydrogens (tertiary/aromatic N) is 2. The van der Waals surface area contributed by atoms with Crippen molar-refractivity contribution >= 4 is 5.91 Å². The van der Waals surface area contributed by atoms with Crippen molar-refractivity contribution in [2.45, 2.75) is 32.2 Å². The van der Waals surface area contributed by atoms with Crippen LogP contribution in [0.25, 0.3) is 0 Å². The Labute approximate surface area is 116 Å². The van der Waals surface area contributed by atoms with Crippen molar-refractivity contribution in [2.24, 2.45) is 11.7 Å². The van der Waals surface area contributed by atoms with Crippen LogP contribution in [0.3, 0.4) is 0 Å². The van der Waals surface area contributed by atoms with Crippen LogP contribution in [0.5, 0.6) is 0 Å². The van der Waals surface area contributed by atoms with E-state index in [0.717, 1.165) is 58.7 Å². The SMILES string of the molecule is CCN(CC1CCOC1)C(=O)CN1CCC(N)CC1. The highest BCUT2D eigenvalue weighted by Gasteiger charge is 2.24. The van der Waals surface area contributed by atoms with Crippen molar-refractivity contribution in [3.8, 4) is 0 Å². The molecule has 1 atom stereocenters. The van der Waals surface area contributed by atoms with Gasteiger partial charge in [-0.25, -0.2) is 0 Å². The second-order valence-corrected chi connectivity index (χ2v) is 5.78. The third kappa shape index (κ3) is 4.44. The molecule has 0 aromatic heterocycles. The van der Waals surface area contributed by atoms with Gasteiger partial charge in [-0.3, -0.25) is 9.69 Å². The van der Waals surface area contributed by atoms with Gasteiger partial charge < -0.3 is 15.4 Å². The Hall–Kier alpha value is -0.650. The molecule has 0 saturated carbocycles. The minimum Gasteiger partial charge on any atom is -0.381 e. The average Bonchev–Trinajstić information content (AvgIpc) is 2.91. The minimum atomic E-state index is 0.255. The first-order chi connectivity index (χ1) is 9.19. The first kappa shape index (κ1) is 14.8. The van der Waals surface area contributed by atoms with Crippen LogP contribution in [0.15, 0.2) is 0 Å². The van der Waals surface area contributed by atoms with E-state index in [1.165, 1.54) is 0 Å². The van der Waals surface area contributed by atoms with Crippen molar-refractivity contribution in [3.63, 3.8) is 0 Å². The van der Waals surface area contributed by atoms with Crippen LogP contribution < -0.4 is 5.73 Å². The van der Waals surface area contributed by atoms with E-state index in [-0.39, 0.29) is 5.91 Å². The third-order valence-electron chi connectivity index (χ3n) is 4.23. The molecule has 5 nitrogen and oxygen atoms in total. The number of ether oxygens (including phenoxy) is 1. The van der Waals surface area contributed by atoms with E-state index in [9.17, 15) is 4.79 Å². The van der Waals surface area contributed by atoms with Crippen LogP contribution in [-0.4, -0.2) is 67.7 Å². The Bertz CT molecular complexity index is 284. The number of hydrogen-bond donors (Lipinski definition) is 1. The van der Waals surface area contributed by atoms with E-state index in [1.54, 1.807) is 0 Å². The number of nitrogens with two attached hydrogens (primary N) is 1. The Kier molecular flexibility index (Phi) is 5.60. The smallest absolute Gasteiger partial charge is 0.236 e. The summed E-state index contributed by atoms with van der Waals surface area (Å²) in [6, 6.07) is 0.323. The topological polar surface area (TPSA) is 58.8 Å². The summed E-state index contributed by atoms with van der Waals surface area (Å²) in [4.78, 5) is 16.5. The molecule has 2 saturated heterocycles. The van der Waals surface area contributed by atoms with E-state index >= 15 is 0 Å². The highest BCUT2D eigenvalue weighted by molar-refractivity contribution is 5.78. The zero-order valence-corrected chi connectivity index (χ0v) is 12.0. The number of likely N-dealkylation sites (tertiary alicyclic amines) is 1. The maximum absolute atomic E-state index is 12.3. The molecule has 1 amide bonds. The largest absolute Gasteiger partial charge is 0.381 e. The first-order valence-corrected chi connectivity index (χ1v) is 7.52. The van der Waals surface area contributed by atoms with Gasteiger partial charge in [0.2, 0.25) is 5.91 Å². The summed E-state index contributed by atoms with van der Waals surface area (Å²) in [5.74, 6) is 0.781. The molecule has 2 rings (SSSR count). The molecule has 0 aromatic rings. The highest BCUT2D eigenvalue weighted by atomic mass is 16.5. The summed E-state index contributed by atoms with van der Waals surface area (Å²) < 4.78 is 5.38. The molecule has 2 fully saturated rings. The Balaban J connectivity index is 1.76. The monoisotopic (exact) mass is 269 g/mol. The molecule has 2 aliphatic rings. The molecule has 2 heterocycles. The molecule has 110 valence electrons. The van der Waals surface area contributed by atoms with Gasteiger partial charge in [-0.1, -0.05) is 0 Å². The van der Waals surface area contributed by atoms with Gasteiger partial charge in [-0.2, -0.15) is 0 Å². The lowest BCUT2D eigenvalue weighted by atomic mass is 10.1. The number of likely N-dealkylation sites (N-methyl/N-ethyl adjacent to an activating group) is 1. The predicted molar refractivity (Wildman–Crippen MR) is 74.8 cm³/mol. The fourth-order valence-corrected chi connectivity index (χ4v) is 2.85. The summed E-state index contributed by atoms with van der Waals surface area (Å²) in [6.07, 6.45) is 3.11. The Morgan fingerprint density at radius 2 is 2.11 bits per heavy atom. The molecule has 2 N–H and O–H groups in total. The molecule has 0 radical (unpaired) electrons. The Morgan fingerprint density at radius 1 is 1.37 bits per heavy atom. The van der Waals surface area contributed by atoms with Crippen molar-refractivity contribution in [1.82, 2.24) is 9.80 Å². The minimum absolute atomic E-state index is 0.255. The summed E-state index contributed by atoms with van der Waals surface area (Å²) in [5.41, 5.74) is 5.89. The second-order valence-electron chi connectivity index (χ2n) is 5.78. The number of hydrogen-bond acceptors (Lipinski definition) is 4. The van der Waals surface area contributed by atoms with Crippen LogP contribution in [0.2, 0.25) is 0 Å². The van der Waals surface area contributed by atoms with Gasteiger partial charge >= 0.3 is 0 Å². The molecule has 0 bridgehead atoms. The fourth-order valence-electron chi connectivity index (χ4n) is 2.85. The number of carbonyl (C=O) groups is 1. The van der Waals surface area contributed by atoms with Crippen molar-refractivity contribution in [2.75, 3.05) is 45.9 Å². The maximum atomic E-state index is 12.3. The zero-order valence-electron chi connectivity index (χ0n) is 12.0. The number of piperidine rings is 1. The van der Waals surface area contributed by atoms with Crippen LogP contribution in [-0.2, 0) is 9.53 Å². The quantitative estimate of drug-likeness (QED) is 0.779. The molecule has 2 aliphatic heterocycles. The number of carbonyl (C=O) groups excluding carboxylic acids is 1. The number of rotatable bonds is 5. The molecule has 1 unspecified atom stereocenters. The molecular formula is C14H27N3O2. The lowest BCUT2D eigenvalue weighted by molar-refractivity contribution is -0.133. The van der Waals surface area contributed by atoms with Crippen LogP contribution in [0.4, 0.5) is 0 Å². The third-order valence-corrected chi connectivity index (χ3v) is 4.23. The lowest BCUT2D eigenvalue weighted by Gasteiger charge is -2.32. The van der Waals surface area contributed by atoms with Gasteiger partial charge in [0, 0.05) is 44.7 Å². The zero-order chi connectivity index (χ0) is 13.7. The molecule has 0 aromatic carbocycles. The summed E-state index contributed by atoms with van der Waals surface area (Å²) >= 11 is 0. The lowest BCUT2D eigenvalue weighted by Crippen LogP contribution is -2.46. The maximum Gasteiger partial charge on any atom is 0.236 e. The Morgan fingerprint density at radius 3 is 2.68 bits per heavy atom. The second kappa shape index (κ2) is 7.22. The van der Waals surface area contributed by atoms with Gasteiger partial charge in [0.05, 0.1) is 13.2 Å². The summed E-state index contributed by atoms with van der Waals surface area (Å²) in [7, 11) is 0. The van der Waals surface area contributed by atoms with Gasteiger partial charge in [0.1, 0.15) is 0 Å². The van der Waals surface area contributed by atoms with Gasteiger partial charge in [0.25, 0.3) is 0 Å². The van der Waals surface area contributed by atoms with E-state index in [2.05, 4.69) is 11.8 Å². The highest BCUT2D eigenvalue weighted by Crippen LogP contribution is 2.14. The van der Waals surface area contributed by atoms with Gasteiger partial charge in [-0.05, 0) is 26.2 Å². The van der Waals surface area contributed by atoms with Crippen LogP contribution >= 0.6 is 0 Å². The van der Waals surface area contributed by atoms with E-state index in [0.29, 0.717) is 18.5 Å². The molecular weight excluding hydrogens is 242 g/mol. The fraction of sp³-hybridized carbons (Fsp3) is 0.929. The summed E-state index contributed by atoms with van der Waals surface area (Å²) in [6.45, 7) is 7.82. The molecule has 0 aliphatic carbocycles. The van der Waals surface area contributed by atoms with E-state index in [4.69, 9.17) is 10.5 Å². The van der Waals surface area contributed by atoms with Crippen LogP contribution in [0, 0.1) is 5.92 Å². The normalized spacial score (nSPS) is 25.7. The van der Waals surface area contributed by atoms with Crippen molar-refractivity contribution in [1.29, 1.82) is 0 Å². The number of amides is 1. The first-order valence-electron chi connectivity index (χ1n) is 7.52. The van der Waals surface area contributed by atoms with Gasteiger partial charge in [0.15, 0.2) is 0 Å². The van der Waals surface area contributed by atoms with Crippen molar-refractivity contribution < 1.29 is 9.53 Å². The van der Waals surface area contributed by atoms with E-state index < -0.39 is 0 Å². The van der Waals surface area contributed by atoms with Gasteiger partial charge in [-0.15, -0.1) is 0 Å². The summed E-state index contributed by atoms with van der Waals surface area (Å²) in [5, 5.41) is 0.